The molecule has 0 bridgehead atoms. The minimum Gasteiger partial charge on any atom is -0.483 e. The molecular formula is C16H21NO4. The van der Waals surface area contributed by atoms with Crippen molar-refractivity contribution in [3.63, 3.8) is 0 Å². The van der Waals surface area contributed by atoms with Gasteiger partial charge in [0.25, 0.3) is 5.91 Å². The maximum Gasteiger partial charge on any atom is 0.323 e. The van der Waals surface area contributed by atoms with Crippen LogP contribution in [0, 0.1) is 20.8 Å². The predicted octanol–water partition coefficient (Wildman–Crippen LogP) is 2.09. The van der Waals surface area contributed by atoms with E-state index in [0.29, 0.717) is 5.75 Å². The SMILES string of the molecule is C=CCN(CC(=O)O)C(=O)COc1c(C)cc(C)cc1C. The Morgan fingerprint density at radius 3 is 2.33 bits per heavy atom. The van der Waals surface area contributed by atoms with Gasteiger partial charge < -0.3 is 14.7 Å². The van der Waals surface area contributed by atoms with Crippen LogP contribution in [0.2, 0.25) is 0 Å². The van der Waals surface area contributed by atoms with Crippen molar-refractivity contribution < 1.29 is 19.4 Å². The van der Waals surface area contributed by atoms with Gasteiger partial charge in [-0.15, -0.1) is 6.58 Å². The van der Waals surface area contributed by atoms with Crippen LogP contribution in [-0.2, 0) is 9.59 Å². The number of aliphatic carboxylic acids is 1. The summed E-state index contributed by atoms with van der Waals surface area (Å²) in [7, 11) is 0. The van der Waals surface area contributed by atoms with Gasteiger partial charge in [-0.1, -0.05) is 23.8 Å². The first kappa shape index (κ1) is 16.8. The lowest BCUT2D eigenvalue weighted by atomic mass is 10.1. The van der Waals surface area contributed by atoms with E-state index in [1.165, 1.54) is 11.0 Å². The van der Waals surface area contributed by atoms with Crippen molar-refractivity contribution in [2.75, 3.05) is 19.7 Å². The van der Waals surface area contributed by atoms with E-state index in [0.717, 1.165) is 16.7 Å². The Morgan fingerprint density at radius 2 is 1.86 bits per heavy atom. The molecule has 0 aromatic heterocycles. The molecule has 0 aliphatic carbocycles. The summed E-state index contributed by atoms with van der Waals surface area (Å²) in [6.45, 7) is 8.97. The average Bonchev–Trinajstić information content (AvgIpc) is 2.36. The number of carbonyl (C=O) groups is 2. The van der Waals surface area contributed by atoms with E-state index in [1.807, 2.05) is 32.9 Å². The molecule has 1 amide bonds. The van der Waals surface area contributed by atoms with Crippen molar-refractivity contribution in [1.82, 2.24) is 4.90 Å². The summed E-state index contributed by atoms with van der Waals surface area (Å²) in [4.78, 5) is 23.9. The molecule has 1 N–H and O–H groups in total. The van der Waals surface area contributed by atoms with Gasteiger partial charge in [0, 0.05) is 6.54 Å². The van der Waals surface area contributed by atoms with Crippen LogP contribution in [-0.4, -0.2) is 41.6 Å². The Balaban J connectivity index is 2.75. The summed E-state index contributed by atoms with van der Waals surface area (Å²) in [5.41, 5.74) is 3.03. The maximum absolute atomic E-state index is 12.0. The van der Waals surface area contributed by atoms with Gasteiger partial charge in [0.15, 0.2) is 6.61 Å². The van der Waals surface area contributed by atoms with E-state index < -0.39 is 5.97 Å². The first-order valence-electron chi connectivity index (χ1n) is 6.66. The highest BCUT2D eigenvalue weighted by atomic mass is 16.5. The standard InChI is InChI=1S/C16H21NO4/c1-5-6-17(9-15(19)20)14(18)10-21-16-12(3)7-11(2)8-13(16)4/h5,7-8H,1,6,9-10H2,2-4H3,(H,19,20). The van der Waals surface area contributed by atoms with Crippen molar-refractivity contribution >= 4 is 11.9 Å². The second kappa shape index (κ2) is 7.47. The highest BCUT2D eigenvalue weighted by molar-refractivity contribution is 5.82. The van der Waals surface area contributed by atoms with E-state index in [2.05, 4.69) is 6.58 Å². The summed E-state index contributed by atoms with van der Waals surface area (Å²) in [6, 6.07) is 3.96. The van der Waals surface area contributed by atoms with Crippen LogP contribution in [0.3, 0.4) is 0 Å². The second-order valence-corrected chi connectivity index (χ2v) is 4.97. The van der Waals surface area contributed by atoms with Gasteiger partial charge in [-0.3, -0.25) is 9.59 Å². The monoisotopic (exact) mass is 291 g/mol. The first-order valence-corrected chi connectivity index (χ1v) is 6.66. The number of amides is 1. The molecule has 1 aromatic rings. The van der Waals surface area contributed by atoms with Crippen LogP contribution >= 0.6 is 0 Å². The van der Waals surface area contributed by atoms with Crippen LogP contribution < -0.4 is 4.74 Å². The number of carboxylic acids is 1. The molecule has 0 heterocycles. The Bertz CT molecular complexity index is 528. The van der Waals surface area contributed by atoms with E-state index in [4.69, 9.17) is 9.84 Å². The Morgan fingerprint density at radius 1 is 1.29 bits per heavy atom. The van der Waals surface area contributed by atoms with Gasteiger partial charge in [0.1, 0.15) is 12.3 Å². The molecule has 0 aliphatic rings. The zero-order valence-electron chi connectivity index (χ0n) is 12.7. The average molecular weight is 291 g/mol. The molecular weight excluding hydrogens is 270 g/mol. The lowest BCUT2D eigenvalue weighted by Gasteiger charge is -2.20. The summed E-state index contributed by atoms with van der Waals surface area (Å²) in [6.07, 6.45) is 1.49. The molecule has 0 spiro atoms. The minimum absolute atomic E-state index is 0.181. The van der Waals surface area contributed by atoms with E-state index in [9.17, 15) is 9.59 Å². The maximum atomic E-state index is 12.0. The second-order valence-electron chi connectivity index (χ2n) is 4.97. The molecule has 0 fully saturated rings. The minimum atomic E-state index is -1.06. The first-order chi connectivity index (χ1) is 9.85. The summed E-state index contributed by atoms with van der Waals surface area (Å²) < 4.78 is 5.57. The van der Waals surface area contributed by atoms with Crippen molar-refractivity contribution in [2.24, 2.45) is 0 Å². The van der Waals surface area contributed by atoms with Crippen molar-refractivity contribution in [3.8, 4) is 5.75 Å². The number of benzene rings is 1. The van der Waals surface area contributed by atoms with Crippen molar-refractivity contribution in [3.05, 3.63) is 41.5 Å². The number of carboxylic acid groups (broad SMARTS) is 1. The Hall–Kier alpha value is -2.30. The van der Waals surface area contributed by atoms with E-state index in [1.54, 1.807) is 0 Å². The number of ether oxygens (including phenoxy) is 1. The van der Waals surface area contributed by atoms with Crippen molar-refractivity contribution in [1.29, 1.82) is 0 Å². The smallest absolute Gasteiger partial charge is 0.323 e. The highest BCUT2D eigenvalue weighted by Crippen LogP contribution is 2.24. The molecule has 1 aromatic carbocycles. The third-order valence-corrected chi connectivity index (χ3v) is 2.97. The van der Waals surface area contributed by atoms with Gasteiger partial charge in [-0.05, 0) is 31.9 Å². The quantitative estimate of drug-likeness (QED) is 0.781. The predicted molar refractivity (Wildman–Crippen MR) is 80.6 cm³/mol. The lowest BCUT2D eigenvalue weighted by molar-refractivity contribution is -0.144. The van der Waals surface area contributed by atoms with Gasteiger partial charge in [-0.25, -0.2) is 0 Å². The number of hydrogen-bond acceptors (Lipinski definition) is 3. The summed E-state index contributed by atoms with van der Waals surface area (Å²) in [5, 5.41) is 8.79. The fraction of sp³-hybridized carbons (Fsp3) is 0.375. The van der Waals surface area contributed by atoms with Crippen LogP contribution in [0.1, 0.15) is 16.7 Å². The van der Waals surface area contributed by atoms with E-state index in [-0.39, 0.29) is 25.6 Å². The van der Waals surface area contributed by atoms with Crippen LogP contribution in [0.15, 0.2) is 24.8 Å². The Labute approximate surface area is 124 Å². The van der Waals surface area contributed by atoms with Gasteiger partial charge in [-0.2, -0.15) is 0 Å². The van der Waals surface area contributed by atoms with Crippen LogP contribution in [0.25, 0.3) is 0 Å². The third-order valence-electron chi connectivity index (χ3n) is 2.97. The van der Waals surface area contributed by atoms with Crippen LogP contribution in [0.5, 0.6) is 5.75 Å². The molecule has 5 heteroatoms. The number of aryl methyl sites for hydroxylation is 3. The zero-order valence-corrected chi connectivity index (χ0v) is 12.7. The largest absolute Gasteiger partial charge is 0.483 e. The molecule has 0 saturated heterocycles. The fourth-order valence-electron chi connectivity index (χ4n) is 2.19. The highest BCUT2D eigenvalue weighted by Gasteiger charge is 2.17. The molecule has 0 radical (unpaired) electrons. The number of rotatable bonds is 7. The molecule has 0 saturated carbocycles. The topological polar surface area (TPSA) is 66.8 Å². The van der Waals surface area contributed by atoms with E-state index >= 15 is 0 Å². The Kier molecular flexibility index (Phi) is 5.96. The molecule has 1 rings (SSSR count). The number of hydrogen-bond donors (Lipinski definition) is 1. The fourth-order valence-corrected chi connectivity index (χ4v) is 2.19. The molecule has 5 nitrogen and oxygen atoms in total. The normalized spacial score (nSPS) is 10.0. The van der Waals surface area contributed by atoms with Gasteiger partial charge in [0.2, 0.25) is 0 Å². The molecule has 114 valence electrons. The zero-order chi connectivity index (χ0) is 16.0. The number of carbonyl (C=O) groups excluding carboxylic acids is 1. The molecule has 0 atom stereocenters. The molecule has 21 heavy (non-hydrogen) atoms. The molecule has 0 aliphatic heterocycles. The third kappa shape index (κ3) is 4.95. The van der Waals surface area contributed by atoms with Crippen LogP contribution in [0.4, 0.5) is 0 Å². The molecule has 0 unspecified atom stereocenters. The summed E-state index contributed by atoms with van der Waals surface area (Å²) in [5.74, 6) is -0.771. The van der Waals surface area contributed by atoms with Gasteiger partial charge in [0.05, 0.1) is 0 Å². The lowest BCUT2D eigenvalue weighted by Crippen LogP contribution is -2.38. The van der Waals surface area contributed by atoms with Gasteiger partial charge >= 0.3 is 5.97 Å². The van der Waals surface area contributed by atoms with Crippen molar-refractivity contribution in [2.45, 2.75) is 20.8 Å². The number of nitrogens with zero attached hydrogens (tertiary/aromatic N) is 1. The summed E-state index contributed by atoms with van der Waals surface area (Å²) >= 11 is 0.